The molecule has 0 unspecified atom stereocenters. The molecule has 9 heteroatoms. The number of carbonyl (C=O) groups is 2. The zero-order valence-electron chi connectivity index (χ0n) is 22.4. The van der Waals surface area contributed by atoms with Gasteiger partial charge in [0.15, 0.2) is 5.75 Å². The monoisotopic (exact) mass is 595 g/mol. The third-order valence-corrected chi connectivity index (χ3v) is 7.05. The molecule has 41 heavy (non-hydrogen) atoms. The summed E-state index contributed by atoms with van der Waals surface area (Å²) >= 11 is 12.2. The van der Waals surface area contributed by atoms with Gasteiger partial charge in [-0.1, -0.05) is 65.7 Å². The van der Waals surface area contributed by atoms with Gasteiger partial charge in [0.05, 0.1) is 29.7 Å². The summed E-state index contributed by atoms with van der Waals surface area (Å²) in [5, 5.41) is 20.3. The summed E-state index contributed by atoms with van der Waals surface area (Å²) in [6, 6.07) is 18.8. The molecule has 214 valence electrons. The summed E-state index contributed by atoms with van der Waals surface area (Å²) in [5.74, 6) is -0.497. The first-order valence-corrected chi connectivity index (χ1v) is 14.1. The van der Waals surface area contributed by atoms with Gasteiger partial charge in [0.25, 0.3) is 0 Å². The van der Waals surface area contributed by atoms with Crippen LogP contribution in [0.4, 0.5) is 0 Å². The molecule has 3 aromatic carbocycles. The van der Waals surface area contributed by atoms with Crippen LogP contribution in [0.5, 0.6) is 11.5 Å². The summed E-state index contributed by atoms with van der Waals surface area (Å²) in [7, 11) is 0. The van der Waals surface area contributed by atoms with Crippen molar-refractivity contribution in [1.82, 2.24) is 4.57 Å². The SMILES string of the molecule is O=C(O)CCCn1cc(CC(=O)O)c2c(/C=C/c3ccc(OCCCCOc4c(Cl)cccc4Cl)cc3)cccc21. The van der Waals surface area contributed by atoms with Crippen LogP contribution >= 0.6 is 23.2 Å². The molecule has 0 bridgehead atoms. The van der Waals surface area contributed by atoms with Crippen molar-refractivity contribution >= 4 is 58.2 Å². The zero-order valence-corrected chi connectivity index (χ0v) is 23.9. The number of ether oxygens (including phenoxy) is 2. The van der Waals surface area contributed by atoms with E-state index in [4.69, 9.17) is 37.8 Å². The molecule has 0 amide bonds. The molecule has 0 aliphatic rings. The zero-order chi connectivity index (χ0) is 29.2. The number of fused-ring (bicyclic) bond motifs is 1. The van der Waals surface area contributed by atoms with Gasteiger partial charge in [-0.25, -0.2) is 0 Å². The molecule has 1 aromatic heterocycles. The Hall–Kier alpha value is -3.94. The van der Waals surface area contributed by atoms with Crippen molar-refractivity contribution in [3.63, 3.8) is 0 Å². The number of halogens is 2. The quantitative estimate of drug-likeness (QED) is 0.107. The Morgan fingerprint density at radius 2 is 1.49 bits per heavy atom. The number of carboxylic acids is 2. The summed E-state index contributed by atoms with van der Waals surface area (Å²) in [6.45, 7) is 1.54. The number of hydrogen-bond donors (Lipinski definition) is 2. The fourth-order valence-electron chi connectivity index (χ4n) is 4.54. The fraction of sp³-hybridized carbons (Fsp3) is 0.250. The summed E-state index contributed by atoms with van der Waals surface area (Å²) in [5.41, 5.74) is 3.46. The van der Waals surface area contributed by atoms with Crippen LogP contribution in [0.3, 0.4) is 0 Å². The number of unbranched alkanes of at least 4 members (excludes halogenated alkanes) is 1. The molecular weight excluding hydrogens is 565 g/mol. The number of carboxylic acid groups (broad SMARTS) is 2. The second-order valence-electron chi connectivity index (χ2n) is 9.51. The lowest BCUT2D eigenvalue weighted by atomic mass is 10.0. The van der Waals surface area contributed by atoms with Crippen molar-refractivity contribution in [3.8, 4) is 11.5 Å². The van der Waals surface area contributed by atoms with Crippen LogP contribution in [0.1, 0.15) is 42.4 Å². The van der Waals surface area contributed by atoms with Gasteiger partial charge in [0.1, 0.15) is 5.75 Å². The molecule has 0 radical (unpaired) electrons. The Morgan fingerprint density at radius 3 is 2.17 bits per heavy atom. The molecule has 0 spiro atoms. The van der Waals surface area contributed by atoms with Crippen molar-refractivity contribution in [1.29, 1.82) is 0 Å². The first kappa shape index (κ1) is 30.0. The van der Waals surface area contributed by atoms with Crippen LogP contribution < -0.4 is 9.47 Å². The molecular formula is C32H31Cl2NO6. The van der Waals surface area contributed by atoms with Gasteiger partial charge in [0.2, 0.25) is 0 Å². The van der Waals surface area contributed by atoms with Gasteiger partial charge in [-0.3, -0.25) is 9.59 Å². The smallest absolute Gasteiger partial charge is 0.307 e. The maximum Gasteiger partial charge on any atom is 0.307 e. The van der Waals surface area contributed by atoms with E-state index in [2.05, 4.69) is 0 Å². The highest BCUT2D eigenvalue weighted by Crippen LogP contribution is 2.32. The normalized spacial score (nSPS) is 11.3. The molecule has 0 saturated heterocycles. The lowest BCUT2D eigenvalue weighted by Gasteiger charge is -2.10. The van der Waals surface area contributed by atoms with E-state index >= 15 is 0 Å². The van der Waals surface area contributed by atoms with E-state index in [1.807, 2.05) is 65.4 Å². The molecule has 0 aliphatic heterocycles. The Balaban J connectivity index is 1.34. The van der Waals surface area contributed by atoms with E-state index in [0.29, 0.717) is 47.5 Å². The summed E-state index contributed by atoms with van der Waals surface area (Å²) in [6.07, 6.45) is 7.77. The third-order valence-electron chi connectivity index (χ3n) is 6.46. The maximum atomic E-state index is 11.5. The van der Waals surface area contributed by atoms with Crippen molar-refractivity contribution in [2.45, 2.75) is 38.6 Å². The van der Waals surface area contributed by atoms with E-state index in [-0.39, 0.29) is 12.8 Å². The minimum Gasteiger partial charge on any atom is -0.494 e. The number of aliphatic carboxylic acids is 2. The lowest BCUT2D eigenvalue weighted by Crippen LogP contribution is -2.03. The molecule has 2 N–H and O–H groups in total. The van der Waals surface area contributed by atoms with Crippen molar-refractivity contribution in [2.75, 3.05) is 13.2 Å². The molecule has 1 heterocycles. The Labute approximate surface area is 248 Å². The van der Waals surface area contributed by atoms with E-state index in [0.717, 1.165) is 40.6 Å². The molecule has 0 atom stereocenters. The molecule has 4 aromatic rings. The van der Waals surface area contributed by atoms with Crippen LogP contribution in [-0.4, -0.2) is 39.9 Å². The van der Waals surface area contributed by atoms with Gasteiger partial charge in [-0.05, 0) is 66.3 Å². The van der Waals surface area contributed by atoms with Crippen LogP contribution in [0.25, 0.3) is 23.1 Å². The predicted molar refractivity (Wildman–Crippen MR) is 162 cm³/mol. The van der Waals surface area contributed by atoms with Crippen molar-refractivity contribution in [2.24, 2.45) is 0 Å². The minimum atomic E-state index is -0.915. The first-order valence-electron chi connectivity index (χ1n) is 13.3. The van der Waals surface area contributed by atoms with Crippen molar-refractivity contribution < 1.29 is 29.3 Å². The Morgan fingerprint density at radius 1 is 0.805 bits per heavy atom. The number of para-hydroxylation sites is 1. The van der Waals surface area contributed by atoms with E-state index < -0.39 is 11.9 Å². The number of aromatic nitrogens is 1. The Kier molecular flexibility index (Phi) is 10.7. The third kappa shape index (κ3) is 8.52. The van der Waals surface area contributed by atoms with Crippen molar-refractivity contribution in [3.05, 3.63) is 93.6 Å². The van der Waals surface area contributed by atoms with E-state index in [9.17, 15) is 14.7 Å². The number of aryl methyl sites for hydroxylation is 1. The number of rotatable bonds is 15. The standard InChI is InChI=1S/C32H31Cl2NO6/c33-26-7-4-8-27(34)32(26)41-19-2-1-18-40-25-15-12-22(13-16-25)11-14-23-6-3-9-28-31(23)24(20-30(38)39)21-35(28)17-5-10-29(36)37/h3-4,6-9,11-16,21H,1-2,5,10,17-20H2,(H,36,37)(H,38,39)/b14-11+. The summed E-state index contributed by atoms with van der Waals surface area (Å²) < 4.78 is 13.5. The van der Waals surface area contributed by atoms with Crippen LogP contribution in [-0.2, 0) is 22.6 Å². The fourth-order valence-corrected chi connectivity index (χ4v) is 5.05. The maximum absolute atomic E-state index is 11.5. The molecule has 7 nitrogen and oxygen atoms in total. The molecule has 0 aliphatic carbocycles. The van der Waals surface area contributed by atoms with Gasteiger partial charge in [-0.15, -0.1) is 0 Å². The highest BCUT2D eigenvalue weighted by Gasteiger charge is 2.14. The second kappa shape index (κ2) is 14.6. The number of nitrogens with zero attached hydrogens (tertiary/aromatic N) is 1. The highest BCUT2D eigenvalue weighted by molar-refractivity contribution is 6.37. The Bertz CT molecular complexity index is 1510. The largest absolute Gasteiger partial charge is 0.494 e. The number of hydrogen-bond acceptors (Lipinski definition) is 4. The van der Waals surface area contributed by atoms with E-state index in [1.54, 1.807) is 18.2 Å². The van der Waals surface area contributed by atoms with Crippen LogP contribution in [0.15, 0.2) is 66.9 Å². The van der Waals surface area contributed by atoms with Crippen LogP contribution in [0, 0.1) is 0 Å². The first-order chi connectivity index (χ1) is 19.8. The minimum absolute atomic E-state index is 0.0561. The van der Waals surface area contributed by atoms with E-state index in [1.165, 1.54) is 0 Å². The number of benzene rings is 3. The van der Waals surface area contributed by atoms with Gasteiger partial charge >= 0.3 is 11.9 Å². The lowest BCUT2D eigenvalue weighted by molar-refractivity contribution is -0.137. The average molecular weight is 597 g/mol. The molecule has 0 fully saturated rings. The molecule has 4 rings (SSSR count). The van der Waals surface area contributed by atoms with Gasteiger partial charge in [0, 0.05) is 30.1 Å². The second-order valence-corrected chi connectivity index (χ2v) is 10.3. The topological polar surface area (TPSA) is 98.0 Å². The van der Waals surface area contributed by atoms with Gasteiger partial charge in [-0.2, -0.15) is 0 Å². The average Bonchev–Trinajstić information content (AvgIpc) is 3.28. The highest BCUT2D eigenvalue weighted by atomic mass is 35.5. The summed E-state index contributed by atoms with van der Waals surface area (Å²) in [4.78, 5) is 22.5. The van der Waals surface area contributed by atoms with Crippen LogP contribution in [0.2, 0.25) is 10.0 Å². The molecule has 0 saturated carbocycles. The van der Waals surface area contributed by atoms with Gasteiger partial charge < -0.3 is 24.3 Å². The predicted octanol–water partition coefficient (Wildman–Crippen LogP) is 7.85.